The molecule has 0 aromatic heterocycles. The number of nitrogens with zero attached hydrogens (tertiary/aromatic N) is 1. The van der Waals surface area contributed by atoms with E-state index in [1.54, 1.807) is 25.9 Å². The second-order valence-electron chi connectivity index (χ2n) is 7.48. The summed E-state index contributed by atoms with van der Waals surface area (Å²) in [6.45, 7) is 5.69. The minimum Gasteiger partial charge on any atom is -0.496 e. The summed E-state index contributed by atoms with van der Waals surface area (Å²) in [5.74, 6) is 0.233. The van der Waals surface area contributed by atoms with Crippen molar-refractivity contribution in [3.05, 3.63) is 59.7 Å². The largest absolute Gasteiger partial charge is 0.496 e. The Morgan fingerprint density at radius 1 is 1.15 bits per heavy atom. The SMILES string of the molecule is COc1ccccc1CNC(=O)C(C)(C)C(=O)N1c2ccccc2CC1C. The fourth-order valence-electron chi connectivity index (χ4n) is 3.52. The van der Waals surface area contributed by atoms with Gasteiger partial charge in [0.2, 0.25) is 11.8 Å². The zero-order chi connectivity index (χ0) is 19.6. The molecule has 0 aliphatic carbocycles. The summed E-state index contributed by atoms with van der Waals surface area (Å²) in [6.07, 6.45) is 0.806. The molecule has 142 valence electrons. The summed E-state index contributed by atoms with van der Waals surface area (Å²) < 4.78 is 5.32. The zero-order valence-corrected chi connectivity index (χ0v) is 16.3. The van der Waals surface area contributed by atoms with Crippen molar-refractivity contribution < 1.29 is 14.3 Å². The third-order valence-electron chi connectivity index (χ3n) is 5.16. The predicted molar refractivity (Wildman–Crippen MR) is 106 cm³/mol. The van der Waals surface area contributed by atoms with Crippen LogP contribution >= 0.6 is 0 Å². The first-order valence-corrected chi connectivity index (χ1v) is 9.18. The lowest BCUT2D eigenvalue weighted by Crippen LogP contribution is -2.51. The number of fused-ring (bicyclic) bond motifs is 1. The van der Waals surface area contributed by atoms with Crippen LogP contribution in [0.15, 0.2) is 48.5 Å². The molecule has 27 heavy (non-hydrogen) atoms. The van der Waals surface area contributed by atoms with Gasteiger partial charge in [-0.1, -0.05) is 36.4 Å². The molecule has 0 saturated heterocycles. The van der Waals surface area contributed by atoms with E-state index in [9.17, 15) is 9.59 Å². The quantitative estimate of drug-likeness (QED) is 0.826. The molecule has 3 rings (SSSR count). The van der Waals surface area contributed by atoms with Crippen LogP contribution in [0, 0.1) is 5.41 Å². The van der Waals surface area contributed by atoms with E-state index in [-0.39, 0.29) is 17.9 Å². The van der Waals surface area contributed by atoms with E-state index >= 15 is 0 Å². The highest BCUT2D eigenvalue weighted by molar-refractivity contribution is 6.12. The second-order valence-corrected chi connectivity index (χ2v) is 7.48. The van der Waals surface area contributed by atoms with Crippen LogP contribution in [0.3, 0.4) is 0 Å². The fourth-order valence-corrected chi connectivity index (χ4v) is 3.52. The van der Waals surface area contributed by atoms with E-state index < -0.39 is 5.41 Å². The smallest absolute Gasteiger partial charge is 0.242 e. The molecule has 2 aromatic rings. The Kier molecular flexibility index (Phi) is 5.22. The van der Waals surface area contributed by atoms with Gasteiger partial charge in [0, 0.05) is 23.8 Å². The van der Waals surface area contributed by atoms with Crippen molar-refractivity contribution in [2.45, 2.75) is 39.8 Å². The first-order chi connectivity index (χ1) is 12.9. The number of hydrogen-bond donors (Lipinski definition) is 1. The van der Waals surface area contributed by atoms with Crippen molar-refractivity contribution in [3.63, 3.8) is 0 Å². The standard InChI is InChI=1S/C22H26N2O3/c1-15-13-16-9-5-7-11-18(16)24(15)21(26)22(2,3)20(25)23-14-17-10-6-8-12-19(17)27-4/h5-12,15H,13-14H2,1-4H3,(H,23,25). The molecule has 1 N–H and O–H groups in total. The summed E-state index contributed by atoms with van der Waals surface area (Å²) in [4.78, 5) is 27.9. The van der Waals surface area contributed by atoms with E-state index in [1.165, 1.54) is 0 Å². The van der Waals surface area contributed by atoms with Gasteiger partial charge in [0.25, 0.3) is 0 Å². The first kappa shape index (κ1) is 19.0. The Balaban J connectivity index is 1.75. The Morgan fingerprint density at radius 2 is 1.81 bits per heavy atom. The first-order valence-electron chi connectivity index (χ1n) is 9.18. The van der Waals surface area contributed by atoms with Crippen molar-refractivity contribution in [1.29, 1.82) is 0 Å². The lowest BCUT2D eigenvalue weighted by Gasteiger charge is -2.31. The molecule has 0 radical (unpaired) electrons. The fraction of sp³-hybridized carbons (Fsp3) is 0.364. The average Bonchev–Trinajstić information content (AvgIpc) is 3.01. The van der Waals surface area contributed by atoms with Crippen molar-refractivity contribution in [2.75, 3.05) is 12.0 Å². The number of rotatable bonds is 5. The van der Waals surface area contributed by atoms with Crippen molar-refractivity contribution in [2.24, 2.45) is 5.41 Å². The maximum Gasteiger partial charge on any atom is 0.242 e. The van der Waals surface area contributed by atoms with Gasteiger partial charge < -0.3 is 15.0 Å². The van der Waals surface area contributed by atoms with Crippen LogP contribution in [0.5, 0.6) is 5.75 Å². The molecule has 5 nitrogen and oxygen atoms in total. The monoisotopic (exact) mass is 366 g/mol. The molecular formula is C22H26N2O3. The number of hydrogen-bond acceptors (Lipinski definition) is 3. The summed E-state index contributed by atoms with van der Waals surface area (Å²) in [6, 6.07) is 15.4. The molecular weight excluding hydrogens is 340 g/mol. The number of benzene rings is 2. The molecule has 1 atom stereocenters. The zero-order valence-electron chi connectivity index (χ0n) is 16.3. The van der Waals surface area contributed by atoms with E-state index in [4.69, 9.17) is 4.74 Å². The van der Waals surface area contributed by atoms with Crippen LogP contribution in [-0.4, -0.2) is 25.0 Å². The summed E-state index contributed by atoms with van der Waals surface area (Å²) >= 11 is 0. The molecule has 1 unspecified atom stereocenters. The maximum absolute atomic E-state index is 13.3. The van der Waals surface area contributed by atoms with Crippen molar-refractivity contribution in [3.8, 4) is 5.75 Å². The summed E-state index contributed by atoms with van der Waals surface area (Å²) in [5, 5.41) is 2.89. The van der Waals surface area contributed by atoms with Gasteiger partial charge in [0.1, 0.15) is 11.2 Å². The molecule has 0 fully saturated rings. The molecule has 1 aliphatic heterocycles. The molecule has 0 saturated carbocycles. The van der Waals surface area contributed by atoms with Crippen LogP contribution in [0.2, 0.25) is 0 Å². The molecule has 0 spiro atoms. The van der Waals surface area contributed by atoms with Crippen LogP contribution in [-0.2, 0) is 22.6 Å². The van der Waals surface area contributed by atoms with Crippen LogP contribution in [0.4, 0.5) is 5.69 Å². The van der Waals surface area contributed by atoms with E-state index in [1.807, 2.05) is 55.5 Å². The number of ether oxygens (including phenoxy) is 1. The normalized spacial score (nSPS) is 16.0. The van der Waals surface area contributed by atoms with Gasteiger partial charge in [0.05, 0.1) is 7.11 Å². The van der Waals surface area contributed by atoms with E-state index in [0.717, 1.165) is 23.2 Å². The second kappa shape index (κ2) is 7.43. The minimum atomic E-state index is -1.17. The van der Waals surface area contributed by atoms with E-state index in [0.29, 0.717) is 12.3 Å². The van der Waals surface area contributed by atoms with Gasteiger partial charge in [0.15, 0.2) is 0 Å². The highest BCUT2D eigenvalue weighted by atomic mass is 16.5. The van der Waals surface area contributed by atoms with E-state index in [2.05, 4.69) is 5.32 Å². The number of anilines is 1. The number of amides is 2. The number of nitrogens with one attached hydrogen (secondary N) is 1. The predicted octanol–water partition coefficient (Wildman–Crippen LogP) is 3.32. The average molecular weight is 366 g/mol. The van der Waals surface area contributed by atoms with Gasteiger partial charge in [-0.25, -0.2) is 0 Å². The van der Waals surface area contributed by atoms with Crippen LogP contribution in [0.1, 0.15) is 31.9 Å². The maximum atomic E-state index is 13.3. The molecule has 2 aromatic carbocycles. The van der Waals surface area contributed by atoms with Gasteiger partial charge in [-0.15, -0.1) is 0 Å². The molecule has 1 aliphatic rings. The Labute approximate surface area is 160 Å². The molecule has 2 amide bonds. The van der Waals surface area contributed by atoms with Crippen molar-refractivity contribution in [1.82, 2.24) is 5.32 Å². The lowest BCUT2D eigenvalue weighted by molar-refractivity contribution is -0.140. The number of carbonyl (C=O) groups is 2. The number of para-hydroxylation sites is 2. The Hall–Kier alpha value is -2.82. The lowest BCUT2D eigenvalue weighted by atomic mass is 9.89. The number of carbonyl (C=O) groups excluding carboxylic acids is 2. The summed E-state index contributed by atoms with van der Waals surface area (Å²) in [5.41, 5.74) is 1.74. The van der Waals surface area contributed by atoms with Gasteiger partial charge in [-0.2, -0.15) is 0 Å². The van der Waals surface area contributed by atoms with Crippen molar-refractivity contribution >= 4 is 17.5 Å². The minimum absolute atomic E-state index is 0.0381. The van der Waals surface area contributed by atoms with Gasteiger partial charge in [-0.05, 0) is 44.9 Å². The number of methoxy groups -OCH3 is 1. The third-order valence-corrected chi connectivity index (χ3v) is 5.16. The Morgan fingerprint density at radius 3 is 2.56 bits per heavy atom. The third kappa shape index (κ3) is 3.54. The molecule has 1 heterocycles. The summed E-state index contributed by atoms with van der Waals surface area (Å²) in [7, 11) is 1.60. The molecule has 0 bridgehead atoms. The van der Waals surface area contributed by atoms with Crippen LogP contribution in [0.25, 0.3) is 0 Å². The highest BCUT2D eigenvalue weighted by Gasteiger charge is 2.43. The molecule has 5 heteroatoms. The van der Waals surface area contributed by atoms with Gasteiger partial charge in [-0.3, -0.25) is 9.59 Å². The van der Waals surface area contributed by atoms with Gasteiger partial charge >= 0.3 is 0 Å². The topological polar surface area (TPSA) is 58.6 Å². The Bertz CT molecular complexity index is 860. The van der Waals surface area contributed by atoms with Crippen LogP contribution < -0.4 is 15.0 Å². The highest BCUT2D eigenvalue weighted by Crippen LogP contribution is 2.35.